The molecule has 0 saturated heterocycles. The van der Waals surface area contributed by atoms with Crippen LogP contribution in [-0.4, -0.2) is 23.4 Å². The highest BCUT2D eigenvalue weighted by Gasteiger charge is 2.34. The minimum absolute atomic E-state index is 0.0331. The number of hydrogen-bond donors (Lipinski definition) is 2. The van der Waals surface area contributed by atoms with Crippen LogP contribution in [0.15, 0.2) is 61.7 Å². The molecule has 1 aliphatic rings. The highest BCUT2D eigenvalue weighted by molar-refractivity contribution is 6.32. The zero-order valence-corrected chi connectivity index (χ0v) is 13.7. The maximum atomic E-state index is 13.0. The largest absolute Gasteiger partial charge is 0.322 e. The minimum atomic E-state index is -0.519. The summed E-state index contributed by atoms with van der Waals surface area (Å²) in [4.78, 5) is 49.4. The summed E-state index contributed by atoms with van der Waals surface area (Å²) in [5, 5.41) is 5.07. The first-order valence-electron chi connectivity index (χ1n) is 7.70. The summed E-state index contributed by atoms with van der Waals surface area (Å²) in [6.45, 7) is 6.75. The molecule has 2 amide bonds. The summed E-state index contributed by atoms with van der Waals surface area (Å²) in [6.07, 6.45) is 2.12. The van der Waals surface area contributed by atoms with Crippen molar-refractivity contribution in [3.63, 3.8) is 0 Å². The summed E-state index contributed by atoms with van der Waals surface area (Å²) >= 11 is 0. The van der Waals surface area contributed by atoms with Crippen LogP contribution < -0.4 is 10.6 Å². The number of nitrogens with one attached hydrogen (secondary N) is 2. The van der Waals surface area contributed by atoms with E-state index in [-0.39, 0.29) is 33.6 Å². The van der Waals surface area contributed by atoms with Crippen molar-refractivity contribution in [3.05, 3.63) is 84.0 Å². The van der Waals surface area contributed by atoms with Gasteiger partial charge in [-0.25, -0.2) is 0 Å². The molecule has 1 aliphatic carbocycles. The topological polar surface area (TPSA) is 92.3 Å². The molecule has 0 fully saturated rings. The minimum Gasteiger partial charge on any atom is -0.322 e. The number of ketones is 2. The van der Waals surface area contributed by atoms with Crippen molar-refractivity contribution in [1.82, 2.24) is 0 Å². The van der Waals surface area contributed by atoms with E-state index < -0.39 is 23.4 Å². The molecule has 6 heteroatoms. The Morgan fingerprint density at radius 2 is 1.12 bits per heavy atom. The molecule has 0 aromatic heterocycles. The van der Waals surface area contributed by atoms with Crippen molar-refractivity contribution in [3.8, 4) is 0 Å². The van der Waals surface area contributed by atoms with Crippen LogP contribution in [0.5, 0.6) is 0 Å². The van der Waals surface area contributed by atoms with Crippen LogP contribution in [0.2, 0.25) is 0 Å². The van der Waals surface area contributed by atoms with Gasteiger partial charge in [0.2, 0.25) is 11.8 Å². The Morgan fingerprint density at radius 3 is 1.46 bits per heavy atom. The van der Waals surface area contributed by atoms with Gasteiger partial charge in [-0.3, -0.25) is 19.2 Å². The van der Waals surface area contributed by atoms with Gasteiger partial charge in [0, 0.05) is 11.1 Å². The molecule has 0 spiro atoms. The van der Waals surface area contributed by atoms with Gasteiger partial charge in [-0.05, 0) is 24.3 Å². The van der Waals surface area contributed by atoms with E-state index in [4.69, 9.17) is 0 Å². The molecule has 0 bridgehead atoms. The zero-order chi connectivity index (χ0) is 18.8. The van der Waals surface area contributed by atoms with Crippen molar-refractivity contribution < 1.29 is 19.2 Å². The average Bonchev–Trinajstić information content (AvgIpc) is 2.66. The molecular weight excluding hydrogens is 332 g/mol. The van der Waals surface area contributed by atoms with Gasteiger partial charge in [-0.2, -0.15) is 0 Å². The van der Waals surface area contributed by atoms with Gasteiger partial charge in [-0.1, -0.05) is 37.4 Å². The first-order chi connectivity index (χ1) is 12.5. The first-order valence-corrected chi connectivity index (χ1v) is 7.70. The zero-order valence-electron chi connectivity index (χ0n) is 13.7. The lowest BCUT2D eigenvalue weighted by Gasteiger charge is -2.22. The SMILES string of the molecule is C=CC(=O)Nc1ccc(NC(=O)C=C)c2c1C(=O)c1ccccc1C2=O. The van der Waals surface area contributed by atoms with E-state index in [1.54, 1.807) is 24.3 Å². The molecule has 0 heterocycles. The number of carbonyl (C=O) groups is 4. The number of fused-ring (bicyclic) bond motifs is 2. The van der Waals surface area contributed by atoms with Crippen molar-refractivity contribution in [1.29, 1.82) is 0 Å². The van der Waals surface area contributed by atoms with Crippen molar-refractivity contribution in [2.24, 2.45) is 0 Å². The number of hydrogen-bond acceptors (Lipinski definition) is 4. The average molecular weight is 346 g/mol. The fourth-order valence-corrected chi connectivity index (χ4v) is 2.80. The fraction of sp³-hybridized carbons (Fsp3) is 0. The first kappa shape index (κ1) is 17.0. The van der Waals surface area contributed by atoms with Gasteiger partial charge in [0.15, 0.2) is 11.6 Å². The second kappa shape index (κ2) is 6.60. The number of benzene rings is 2. The van der Waals surface area contributed by atoms with E-state index in [2.05, 4.69) is 23.8 Å². The summed E-state index contributed by atoms with van der Waals surface area (Å²) in [5.74, 6) is -1.86. The maximum Gasteiger partial charge on any atom is 0.247 e. The van der Waals surface area contributed by atoms with Crippen LogP contribution in [0.25, 0.3) is 0 Å². The molecule has 0 aliphatic heterocycles. The summed E-state index contributed by atoms with van der Waals surface area (Å²) in [6, 6.07) is 9.32. The van der Waals surface area contributed by atoms with E-state index in [0.717, 1.165) is 12.2 Å². The monoisotopic (exact) mass is 346 g/mol. The van der Waals surface area contributed by atoms with Crippen molar-refractivity contribution in [2.45, 2.75) is 0 Å². The Morgan fingerprint density at radius 1 is 0.731 bits per heavy atom. The van der Waals surface area contributed by atoms with Crippen molar-refractivity contribution in [2.75, 3.05) is 10.6 Å². The van der Waals surface area contributed by atoms with Gasteiger partial charge in [-0.15, -0.1) is 0 Å². The fourth-order valence-electron chi connectivity index (χ4n) is 2.80. The van der Waals surface area contributed by atoms with Gasteiger partial charge in [0.05, 0.1) is 22.5 Å². The second-order valence-electron chi connectivity index (χ2n) is 5.50. The lowest BCUT2D eigenvalue weighted by Crippen LogP contribution is -2.25. The van der Waals surface area contributed by atoms with Crippen LogP contribution in [0.1, 0.15) is 31.8 Å². The van der Waals surface area contributed by atoms with E-state index in [9.17, 15) is 19.2 Å². The lowest BCUT2D eigenvalue weighted by molar-refractivity contribution is -0.112. The molecular formula is C20H14N2O4. The molecule has 0 saturated carbocycles. The van der Waals surface area contributed by atoms with Gasteiger partial charge in [0.1, 0.15) is 0 Å². The quantitative estimate of drug-likeness (QED) is 0.711. The van der Waals surface area contributed by atoms with Gasteiger partial charge >= 0.3 is 0 Å². The highest BCUT2D eigenvalue weighted by atomic mass is 16.2. The summed E-state index contributed by atoms with van der Waals surface area (Å²) in [5.41, 5.74) is 0.901. The third-order valence-corrected chi connectivity index (χ3v) is 3.96. The second-order valence-corrected chi connectivity index (χ2v) is 5.50. The van der Waals surface area contributed by atoms with Gasteiger partial charge < -0.3 is 10.6 Å². The van der Waals surface area contributed by atoms with E-state index in [1.165, 1.54) is 12.1 Å². The third kappa shape index (κ3) is 2.73. The van der Waals surface area contributed by atoms with Gasteiger partial charge in [0.25, 0.3) is 0 Å². The third-order valence-electron chi connectivity index (χ3n) is 3.96. The van der Waals surface area contributed by atoms with Crippen molar-refractivity contribution >= 4 is 34.8 Å². The molecule has 2 N–H and O–H groups in total. The predicted molar refractivity (Wildman–Crippen MR) is 97.4 cm³/mol. The standard InChI is InChI=1S/C20H14N2O4/c1-3-15(23)21-13-9-10-14(22-16(24)4-2)18-17(13)19(25)11-7-5-6-8-12(11)20(18)26/h3-10H,1-2H2,(H,21,23)(H,22,24). The molecule has 0 atom stereocenters. The molecule has 2 aromatic rings. The maximum absolute atomic E-state index is 13.0. The number of carbonyl (C=O) groups excluding carboxylic acids is 4. The number of rotatable bonds is 4. The van der Waals surface area contributed by atoms with Crippen LogP contribution in [0, 0.1) is 0 Å². The molecule has 128 valence electrons. The molecule has 0 radical (unpaired) electrons. The van der Waals surface area contributed by atoms with Crippen LogP contribution >= 0.6 is 0 Å². The molecule has 6 nitrogen and oxygen atoms in total. The lowest BCUT2D eigenvalue weighted by atomic mass is 9.82. The number of amides is 2. The Kier molecular flexibility index (Phi) is 4.33. The molecule has 0 unspecified atom stereocenters. The van der Waals surface area contributed by atoms with E-state index >= 15 is 0 Å². The predicted octanol–water partition coefficient (Wildman–Crippen LogP) is 2.71. The Balaban J connectivity index is 2.26. The van der Waals surface area contributed by atoms with E-state index in [1.807, 2.05) is 0 Å². The molecule has 3 rings (SSSR count). The van der Waals surface area contributed by atoms with Crippen LogP contribution in [0.4, 0.5) is 11.4 Å². The molecule has 26 heavy (non-hydrogen) atoms. The highest BCUT2D eigenvalue weighted by Crippen LogP contribution is 2.36. The van der Waals surface area contributed by atoms with Crippen LogP contribution in [0.3, 0.4) is 0 Å². The Bertz CT molecular complexity index is 925. The van der Waals surface area contributed by atoms with Crippen LogP contribution in [-0.2, 0) is 9.59 Å². The normalized spacial score (nSPS) is 11.8. The summed E-state index contributed by atoms with van der Waals surface area (Å²) in [7, 11) is 0. The Hall–Kier alpha value is -3.80. The molecule has 2 aromatic carbocycles. The summed E-state index contributed by atoms with van der Waals surface area (Å²) < 4.78 is 0. The van der Waals surface area contributed by atoms with E-state index in [0.29, 0.717) is 0 Å². The number of anilines is 2. The smallest absolute Gasteiger partial charge is 0.247 e. The Labute approximate surface area is 149 Å².